The molecule has 1 atom stereocenters. The van der Waals surface area contributed by atoms with Crippen LogP contribution in [0.25, 0.3) is 0 Å². The Hall–Kier alpha value is -1.19. The SMILES string of the molecule is Cc1ncccc1C(N)CCc1cccs1. The largest absolute Gasteiger partial charge is 0.324 e. The van der Waals surface area contributed by atoms with Gasteiger partial charge < -0.3 is 5.73 Å². The molecule has 0 radical (unpaired) electrons. The second kappa shape index (κ2) is 5.23. The second-order valence-corrected chi connectivity index (χ2v) is 4.93. The smallest absolute Gasteiger partial charge is 0.0420 e. The molecule has 0 saturated carbocycles. The summed E-state index contributed by atoms with van der Waals surface area (Å²) in [5, 5.41) is 2.11. The van der Waals surface area contributed by atoms with Crippen LogP contribution in [0.5, 0.6) is 0 Å². The molecule has 0 bridgehead atoms. The lowest BCUT2D eigenvalue weighted by Crippen LogP contribution is -2.13. The van der Waals surface area contributed by atoms with Gasteiger partial charge in [0.05, 0.1) is 0 Å². The summed E-state index contributed by atoms with van der Waals surface area (Å²) in [7, 11) is 0. The van der Waals surface area contributed by atoms with E-state index in [0.717, 1.165) is 18.5 Å². The van der Waals surface area contributed by atoms with E-state index in [1.54, 1.807) is 11.3 Å². The third-order valence-electron chi connectivity index (χ3n) is 2.73. The molecule has 84 valence electrons. The van der Waals surface area contributed by atoms with Gasteiger partial charge in [-0.25, -0.2) is 0 Å². The predicted octanol–water partition coefficient (Wildman–Crippen LogP) is 3.08. The minimum absolute atomic E-state index is 0.0933. The first kappa shape index (κ1) is 11.3. The predicted molar refractivity (Wildman–Crippen MR) is 68.5 cm³/mol. The van der Waals surface area contributed by atoms with Crippen LogP contribution in [0.4, 0.5) is 0 Å². The quantitative estimate of drug-likeness (QED) is 0.879. The fourth-order valence-corrected chi connectivity index (χ4v) is 2.52. The number of pyridine rings is 1. The molecule has 0 saturated heterocycles. The third-order valence-corrected chi connectivity index (χ3v) is 3.67. The van der Waals surface area contributed by atoms with E-state index < -0.39 is 0 Å². The van der Waals surface area contributed by atoms with Gasteiger partial charge in [0.25, 0.3) is 0 Å². The number of nitrogens with zero attached hydrogens (tertiary/aromatic N) is 1. The van der Waals surface area contributed by atoms with E-state index in [0.29, 0.717) is 0 Å². The molecule has 0 aliphatic carbocycles. The van der Waals surface area contributed by atoms with E-state index in [1.165, 1.54) is 10.4 Å². The van der Waals surface area contributed by atoms with E-state index >= 15 is 0 Å². The van der Waals surface area contributed by atoms with Gasteiger partial charge in [-0.2, -0.15) is 0 Å². The van der Waals surface area contributed by atoms with Crippen molar-refractivity contribution in [2.75, 3.05) is 0 Å². The molecule has 2 aromatic rings. The van der Waals surface area contributed by atoms with Gasteiger partial charge in [-0.1, -0.05) is 12.1 Å². The van der Waals surface area contributed by atoms with Crippen molar-refractivity contribution in [3.63, 3.8) is 0 Å². The average Bonchev–Trinajstić information content (AvgIpc) is 2.79. The van der Waals surface area contributed by atoms with Gasteiger partial charge in [0.1, 0.15) is 0 Å². The van der Waals surface area contributed by atoms with Crippen molar-refractivity contribution in [1.82, 2.24) is 4.98 Å². The van der Waals surface area contributed by atoms with Crippen molar-refractivity contribution in [1.29, 1.82) is 0 Å². The van der Waals surface area contributed by atoms with Crippen molar-refractivity contribution >= 4 is 11.3 Å². The van der Waals surface area contributed by atoms with Gasteiger partial charge in [-0.15, -0.1) is 11.3 Å². The van der Waals surface area contributed by atoms with Crippen LogP contribution in [0, 0.1) is 6.92 Å². The van der Waals surface area contributed by atoms with Crippen LogP contribution in [0.15, 0.2) is 35.8 Å². The first-order valence-corrected chi connectivity index (χ1v) is 6.35. The molecule has 0 aliphatic rings. The van der Waals surface area contributed by atoms with Crippen molar-refractivity contribution in [3.05, 3.63) is 52.0 Å². The Bertz CT molecular complexity index is 437. The summed E-state index contributed by atoms with van der Waals surface area (Å²) < 4.78 is 0. The Morgan fingerprint density at radius 3 is 2.94 bits per heavy atom. The summed E-state index contributed by atoms with van der Waals surface area (Å²) in [5.41, 5.74) is 8.39. The van der Waals surface area contributed by atoms with Crippen molar-refractivity contribution < 1.29 is 0 Å². The van der Waals surface area contributed by atoms with Gasteiger partial charge >= 0.3 is 0 Å². The second-order valence-electron chi connectivity index (χ2n) is 3.90. The zero-order chi connectivity index (χ0) is 11.4. The van der Waals surface area contributed by atoms with Crippen LogP contribution in [-0.4, -0.2) is 4.98 Å². The molecule has 2 heterocycles. The van der Waals surface area contributed by atoms with Crippen LogP contribution in [0.1, 0.15) is 28.6 Å². The highest BCUT2D eigenvalue weighted by atomic mass is 32.1. The van der Waals surface area contributed by atoms with E-state index in [2.05, 4.69) is 28.6 Å². The molecule has 0 amide bonds. The van der Waals surface area contributed by atoms with Crippen LogP contribution in [0.3, 0.4) is 0 Å². The Kier molecular flexibility index (Phi) is 3.70. The fourth-order valence-electron chi connectivity index (χ4n) is 1.80. The lowest BCUT2D eigenvalue weighted by Gasteiger charge is -2.13. The fraction of sp³-hybridized carbons (Fsp3) is 0.308. The van der Waals surface area contributed by atoms with Crippen LogP contribution in [0.2, 0.25) is 0 Å². The zero-order valence-electron chi connectivity index (χ0n) is 9.39. The molecule has 2 aromatic heterocycles. The Morgan fingerprint density at radius 2 is 2.25 bits per heavy atom. The number of nitrogens with two attached hydrogens (primary N) is 1. The maximum Gasteiger partial charge on any atom is 0.0420 e. The number of aryl methyl sites for hydroxylation is 2. The molecular formula is C13H16N2S. The molecule has 0 aliphatic heterocycles. The first-order valence-electron chi connectivity index (χ1n) is 5.47. The summed E-state index contributed by atoms with van der Waals surface area (Å²) in [5.74, 6) is 0. The first-order chi connectivity index (χ1) is 7.77. The van der Waals surface area contributed by atoms with Crippen molar-refractivity contribution in [2.24, 2.45) is 5.73 Å². The highest BCUT2D eigenvalue weighted by Gasteiger charge is 2.09. The standard InChI is InChI=1S/C13H16N2S/c1-10-12(5-2-8-15-10)13(14)7-6-11-4-3-9-16-11/h2-5,8-9,13H,6-7,14H2,1H3. The van der Waals surface area contributed by atoms with Crippen molar-refractivity contribution in [2.45, 2.75) is 25.8 Å². The zero-order valence-corrected chi connectivity index (χ0v) is 10.2. The number of aromatic nitrogens is 1. The number of rotatable bonds is 4. The Balaban J connectivity index is 1.98. The summed E-state index contributed by atoms with van der Waals surface area (Å²) in [6, 6.07) is 8.36. The topological polar surface area (TPSA) is 38.9 Å². The average molecular weight is 232 g/mol. The van der Waals surface area contributed by atoms with Gasteiger partial charge in [0, 0.05) is 22.8 Å². The van der Waals surface area contributed by atoms with Gasteiger partial charge in [-0.05, 0) is 42.8 Å². The minimum atomic E-state index is 0.0933. The van der Waals surface area contributed by atoms with Gasteiger partial charge in [0.2, 0.25) is 0 Å². The molecule has 1 unspecified atom stereocenters. The molecule has 0 aromatic carbocycles. The maximum atomic E-state index is 6.18. The third kappa shape index (κ3) is 2.68. The number of hydrogen-bond acceptors (Lipinski definition) is 3. The highest BCUT2D eigenvalue weighted by molar-refractivity contribution is 7.09. The normalized spacial score (nSPS) is 12.6. The van der Waals surface area contributed by atoms with Crippen LogP contribution >= 0.6 is 11.3 Å². The molecular weight excluding hydrogens is 216 g/mol. The summed E-state index contributed by atoms with van der Waals surface area (Å²) >= 11 is 1.79. The van der Waals surface area contributed by atoms with E-state index in [4.69, 9.17) is 5.73 Å². The molecule has 16 heavy (non-hydrogen) atoms. The lowest BCUT2D eigenvalue weighted by molar-refractivity contribution is 0.648. The lowest BCUT2D eigenvalue weighted by atomic mass is 10.0. The number of hydrogen-bond donors (Lipinski definition) is 1. The number of thiophene rings is 1. The summed E-state index contributed by atoms with van der Waals surface area (Å²) in [4.78, 5) is 5.67. The van der Waals surface area contributed by atoms with E-state index in [9.17, 15) is 0 Å². The maximum absolute atomic E-state index is 6.18. The summed E-state index contributed by atoms with van der Waals surface area (Å²) in [6.07, 6.45) is 3.84. The van der Waals surface area contributed by atoms with Gasteiger partial charge in [-0.3, -0.25) is 4.98 Å². The monoisotopic (exact) mass is 232 g/mol. The molecule has 2 rings (SSSR count). The molecule has 3 heteroatoms. The minimum Gasteiger partial charge on any atom is -0.324 e. The Labute approximate surface area is 100 Å². The van der Waals surface area contributed by atoms with E-state index in [1.807, 2.05) is 19.2 Å². The highest BCUT2D eigenvalue weighted by Crippen LogP contribution is 2.20. The molecule has 2 nitrogen and oxygen atoms in total. The van der Waals surface area contributed by atoms with Crippen LogP contribution < -0.4 is 5.73 Å². The van der Waals surface area contributed by atoms with Crippen LogP contribution in [-0.2, 0) is 6.42 Å². The Morgan fingerprint density at radius 1 is 1.38 bits per heavy atom. The summed E-state index contributed by atoms with van der Waals surface area (Å²) in [6.45, 7) is 2.01. The molecule has 2 N–H and O–H groups in total. The molecule has 0 fully saturated rings. The molecule has 0 spiro atoms. The van der Waals surface area contributed by atoms with Crippen molar-refractivity contribution in [3.8, 4) is 0 Å². The van der Waals surface area contributed by atoms with E-state index in [-0.39, 0.29) is 6.04 Å². The van der Waals surface area contributed by atoms with Gasteiger partial charge in [0.15, 0.2) is 0 Å².